The van der Waals surface area contributed by atoms with Crippen LogP contribution in [-0.4, -0.2) is 21.2 Å². The molecular formula is C16H12N4O3. The van der Waals surface area contributed by atoms with E-state index in [4.69, 9.17) is 0 Å². The molecule has 7 heteroatoms. The van der Waals surface area contributed by atoms with Gasteiger partial charge in [0.05, 0.1) is 11.1 Å². The molecule has 0 bridgehead atoms. The van der Waals surface area contributed by atoms with Crippen molar-refractivity contribution in [2.75, 3.05) is 5.43 Å². The summed E-state index contributed by atoms with van der Waals surface area (Å²) in [6, 6.07) is 14.9. The Kier molecular flexibility index (Phi) is 3.84. The van der Waals surface area contributed by atoms with E-state index in [1.807, 2.05) is 0 Å². The first kappa shape index (κ1) is 14.5. The number of aromatic hydroxyl groups is 1. The molecule has 0 saturated heterocycles. The fraction of sp³-hybridized carbons (Fsp3) is 0. The largest absolute Gasteiger partial charge is 0.507 e. The molecule has 0 aliphatic heterocycles. The number of fused-ring (bicyclic) bond motifs is 1. The molecule has 0 aliphatic carbocycles. The van der Waals surface area contributed by atoms with E-state index < -0.39 is 4.92 Å². The minimum Gasteiger partial charge on any atom is -0.507 e. The monoisotopic (exact) mass is 308 g/mol. The predicted molar refractivity (Wildman–Crippen MR) is 87.7 cm³/mol. The van der Waals surface area contributed by atoms with Crippen LogP contribution < -0.4 is 5.43 Å². The van der Waals surface area contributed by atoms with Gasteiger partial charge >= 0.3 is 0 Å². The van der Waals surface area contributed by atoms with Gasteiger partial charge in [-0.25, -0.2) is 4.98 Å². The van der Waals surface area contributed by atoms with E-state index in [9.17, 15) is 15.2 Å². The fourth-order valence-electron chi connectivity index (χ4n) is 2.11. The van der Waals surface area contributed by atoms with Gasteiger partial charge in [0.15, 0.2) is 5.52 Å². The van der Waals surface area contributed by atoms with E-state index in [-0.39, 0.29) is 11.4 Å². The molecular weight excluding hydrogens is 296 g/mol. The standard InChI is InChI=1S/C16H12N4O3/c21-14-7-2-1-4-12(14)10-17-19-15-9-8-11-5-3-6-13(20(22)23)16(11)18-15/h1-10,21H,(H,18,19)/b17-10+. The number of nitrogens with one attached hydrogen (secondary N) is 1. The van der Waals surface area contributed by atoms with Gasteiger partial charge in [-0.2, -0.15) is 5.10 Å². The van der Waals surface area contributed by atoms with Gasteiger partial charge in [0.1, 0.15) is 11.6 Å². The van der Waals surface area contributed by atoms with Crippen LogP contribution in [0.25, 0.3) is 10.9 Å². The maximum atomic E-state index is 11.1. The minimum absolute atomic E-state index is 0.0594. The molecule has 2 aromatic carbocycles. The molecule has 1 aromatic heterocycles. The normalized spacial score (nSPS) is 11.0. The van der Waals surface area contributed by atoms with Crippen LogP contribution in [0.3, 0.4) is 0 Å². The van der Waals surface area contributed by atoms with Gasteiger partial charge in [0.25, 0.3) is 5.69 Å². The van der Waals surface area contributed by atoms with Crippen molar-refractivity contribution in [2.24, 2.45) is 5.10 Å². The van der Waals surface area contributed by atoms with Crippen LogP contribution in [0.15, 0.2) is 59.7 Å². The van der Waals surface area contributed by atoms with E-state index >= 15 is 0 Å². The number of nitro groups is 1. The Hall–Kier alpha value is -3.48. The van der Waals surface area contributed by atoms with E-state index in [2.05, 4.69) is 15.5 Å². The number of hydrogen-bond acceptors (Lipinski definition) is 6. The van der Waals surface area contributed by atoms with Gasteiger partial charge < -0.3 is 5.11 Å². The summed E-state index contributed by atoms with van der Waals surface area (Å²) in [5.41, 5.74) is 3.48. The van der Waals surface area contributed by atoms with Crippen LogP contribution in [0.2, 0.25) is 0 Å². The Morgan fingerprint density at radius 1 is 1.13 bits per heavy atom. The Balaban J connectivity index is 1.88. The smallest absolute Gasteiger partial charge is 0.295 e. The Bertz CT molecular complexity index is 909. The number of phenolic OH excluding ortho intramolecular Hbond substituents is 1. The second-order valence-corrected chi connectivity index (χ2v) is 4.73. The van der Waals surface area contributed by atoms with Crippen LogP contribution in [0.1, 0.15) is 5.56 Å². The first-order chi connectivity index (χ1) is 11.1. The number of hydrogen-bond donors (Lipinski definition) is 2. The third kappa shape index (κ3) is 3.08. The van der Waals surface area contributed by atoms with Crippen molar-refractivity contribution in [3.8, 4) is 5.75 Å². The van der Waals surface area contributed by atoms with Crippen LogP contribution in [-0.2, 0) is 0 Å². The van der Waals surface area contributed by atoms with Gasteiger partial charge in [0.2, 0.25) is 0 Å². The molecule has 0 saturated carbocycles. The second kappa shape index (κ2) is 6.10. The average molecular weight is 308 g/mol. The molecule has 2 N–H and O–H groups in total. The SMILES string of the molecule is O=[N+]([O-])c1cccc2ccc(N/N=C/c3ccccc3O)nc12. The number of nitro benzene ring substituents is 1. The van der Waals surface area contributed by atoms with Gasteiger partial charge in [-0.15, -0.1) is 0 Å². The molecule has 0 amide bonds. The Morgan fingerprint density at radius 3 is 2.74 bits per heavy atom. The highest BCUT2D eigenvalue weighted by molar-refractivity contribution is 5.88. The van der Waals surface area contributed by atoms with Crippen molar-refractivity contribution in [3.63, 3.8) is 0 Å². The summed E-state index contributed by atoms with van der Waals surface area (Å²) < 4.78 is 0. The number of phenols is 1. The summed E-state index contributed by atoms with van der Waals surface area (Å²) in [6.45, 7) is 0. The number of para-hydroxylation sites is 2. The quantitative estimate of drug-likeness (QED) is 0.437. The highest BCUT2D eigenvalue weighted by Gasteiger charge is 2.12. The average Bonchev–Trinajstić information content (AvgIpc) is 2.56. The number of rotatable bonds is 4. The van der Waals surface area contributed by atoms with Crippen LogP contribution >= 0.6 is 0 Å². The number of benzene rings is 2. The molecule has 7 nitrogen and oxygen atoms in total. The summed E-state index contributed by atoms with van der Waals surface area (Å²) in [5, 5.41) is 25.3. The van der Waals surface area contributed by atoms with Gasteiger partial charge in [-0.3, -0.25) is 15.5 Å². The minimum atomic E-state index is -0.468. The summed E-state index contributed by atoms with van der Waals surface area (Å²) in [6.07, 6.45) is 1.45. The molecule has 0 unspecified atom stereocenters. The lowest BCUT2D eigenvalue weighted by Crippen LogP contribution is -1.96. The lowest BCUT2D eigenvalue weighted by atomic mass is 10.2. The zero-order valence-corrected chi connectivity index (χ0v) is 11.9. The van der Waals surface area contributed by atoms with Crippen molar-refractivity contribution in [3.05, 3.63) is 70.3 Å². The van der Waals surface area contributed by atoms with Crippen molar-refractivity contribution in [1.29, 1.82) is 0 Å². The molecule has 114 valence electrons. The van der Waals surface area contributed by atoms with E-state index in [0.29, 0.717) is 22.3 Å². The van der Waals surface area contributed by atoms with E-state index in [1.54, 1.807) is 48.5 Å². The van der Waals surface area contributed by atoms with Crippen LogP contribution in [0.4, 0.5) is 11.5 Å². The summed E-state index contributed by atoms with van der Waals surface area (Å²) in [7, 11) is 0. The summed E-state index contributed by atoms with van der Waals surface area (Å²) in [4.78, 5) is 14.8. The Morgan fingerprint density at radius 2 is 1.96 bits per heavy atom. The number of aromatic nitrogens is 1. The third-order valence-electron chi connectivity index (χ3n) is 3.22. The lowest BCUT2D eigenvalue weighted by Gasteiger charge is -2.03. The molecule has 23 heavy (non-hydrogen) atoms. The highest BCUT2D eigenvalue weighted by atomic mass is 16.6. The first-order valence-electron chi connectivity index (χ1n) is 6.76. The van der Waals surface area contributed by atoms with Crippen molar-refractivity contribution in [2.45, 2.75) is 0 Å². The number of pyridine rings is 1. The van der Waals surface area contributed by atoms with Crippen molar-refractivity contribution in [1.82, 2.24) is 4.98 Å². The molecule has 0 fully saturated rings. The summed E-state index contributed by atoms with van der Waals surface area (Å²) >= 11 is 0. The zero-order chi connectivity index (χ0) is 16.2. The predicted octanol–water partition coefficient (Wildman–Crippen LogP) is 3.29. The number of anilines is 1. The number of non-ortho nitro benzene ring substituents is 1. The maximum Gasteiger partial charge on any atom is 0.295 e. The van der Waals surface area contributed by atoms with Crippen LogP contribution in [0.5, 0.6) is 5.75 Å². The van der Waals surface area contributed by atoms with E-state index in [0.717, 1.165) is 0 Å². The van der Waals surface area contributed by atoms with E-state index in [1.165, 1.54) is 12.3 Å². The van der Waals surface area contributed by atoms with Crippen molar-refractivity contribution >= 4 is 28.6 Å². The van der Waals surface area contributed by atoms with Crippen molar-refractivity contribution < 1.29 is 10.0 Å². The Labute approximate surface area is 131 Å². The molecule has 0 atom stereocenters. The second-order valence-electron chi connectivity index (χ2n) is 4.73. The third-order valence-corrected chi connectivity index (χ3v) is 3.22. The highest BCUT2D eigenvalue weighted by Crippen LogP contribution is 2.24. The first-order valence-corrected chi connectivity index (χ1v) is 6.76. The molecule has 3 rings (SSSR count). The summed E-state index contributed by atoms with van der Waals surface area (Å²) in [5.74, 6) is 0.485. The topological polar surface area (TPSA) is 101 Å². The van der Waals surface area contributed by atoms with Gasteiger partial charge in [-0.1, -0.05) is 24.3 Å². The maximum absolute atomic E-state index is 11.1. The lowest BCUT2D eigenvalue weighted by molar-refractivity contribution is -0.383. The number of nitrogens with zero attached hydrogens (tertiary/aromatic N) is 3. The zero-order valence-electron chi connectivity index (χ0n) is 11.9. The molecule has 0 aliphatic rings. The van der Waals surface area contributed by atoms with Gasteiger partial charge in [0, 0.05) is 17.0 Å². The molecule has 0 spiro atoms. The number of hydrazone groups is 1. The van der Waals surface area contributed by atoms with Gasteiger partial charge in [-0.05, 0) is 24.3 Å². The molecule has 3 aromatic rings. The van der Waals surface area contributed by atoms with Crippen LogP contribution in [0, 0.1) is 10.1 Å². The fourth-order valence-corrected chi connectivity index (χ4v) is 2.11. The molecule has 0 radical (unpaired) electrons. The molecule has 1 heterocycles.